The summed E-state index contributed by atoms with van der Waals surface area (Å²) in [5.41, 5.74) is 0.949. The molecule has 0 fully saturated rings. The van der Waals surface area contributed by atoms with Gasteiger partial charge in [-0.2, -0.15) is 5.06 Å². The van der Waals surface area contributed by atoms with E-state index in [1.54, 1.807) is 54.6 Å². The van der Waals surface area contributed by atoms with Crippen LogP contribution in [-0.2, 0) is 0 Å². The van der Waals surface area contributed by atoms with E-state index in [1.807, 2.05) is 6.07 Å². The van der Waals surface area contributed by atoms with Crippen LogP contribution in [0.3, 0.4) is 0 Å². The molecule has 0 atom stereocenters. The Morgan fingerprint density at radius 1 is 0.846 bits per heavy atom. The maximum absolute atomic E-state index is 12.4. The largest absolute Gasteiger partial charge is 0.507 e. The lowest BCUT2D eigenvalue weighted by Gasteiger charge is -2.16. The van der Waals surface area contributed by atoms with Gasteiger partial charge in [0.05, 0.1) is 11.3 Å². The molecule has 3 aromatic carbocycles. The second-order valence-corrected chi connectivity index (χ2v) is 5.50. The lowest BCUT2D eigenvalue weighted by Crippen LogP contribution is -2.27. The van der Waals surface area contributed by atoms with Crippen LogP contribution < -0.4 is 10.4 Å². The summed E-state index contributed by atoms with van der Waals surface area (Å²) >= 11 is 0. The van der Waals surface area contributed by atoms with Crippen molar-refractivity contribution in [2.24, 2.45) is 0 Å². The Bertz CT molecular complexity index is 927. The minimum atomic E-state index is -0.802. The van der Waals surface area contributed by atoms with Crippen LogP contribution in [0.4, 0.5) is 11.4 Å². The van der Waals surface area contributed by atoms with Crippen molar-refractivity contribution in [2.45, 2.75) is 0 Å². The van der Waals surface area contributed by atoms with Gasteiger partial charge in [-0.15, -0.1) is 0 Å². The number of anilines is 2. The van der Waals surface area contributed by atoms with E-state index in [0.29, 0.717) is 10.8 Å². The molecule has 0 unspecified atom stereocenters. The summed E-state index contributed by atoms with van der Waals surface area (Å²) in [4.78, 5) is 24.6. The molecule has 6 nitrogen and oxygen atoms in total. The fraction of sp³-hybridized carbons (Fsp3) is 0. The zero-order valence-corrected chi connectivity index (χ0v) is 13.7. The van der Waals surface area contributed by atoms with Crippen LogP contribution in [-0.4, -0.2) is 22.1 Å². The number of benzene rings is 3. The van der Waals surface area contributed by atoms with E-state index in [4.69, 9.17) is 0 Å². The molecule has 0 heterocycles. The highest BCUT2D eigenvalue weighted by Crippen LogP contribution is 2.23. The number of hydroxylamine groups is 1. The number of carbonyl (C=O) groups is 2. The Hall–Kier alpha value is -3.64. The number of amides is 2. The molecule has 6 heteroatoms. The van der Waals surface area contributed by atoms with E-state index >= 15 is 0 Å². The van der Waals surface area contributed by atoms with Crippen LogP contribution in [0.2, 0.25) is 0 Å². The van der Waals surface area contributed by atoms with Crippen molar-refractivity contribution in [2.75, 3.05) is 10.4 Å². The minimum Gasteiger partial charge on any atom is -0.507 e. The molecular weight excluding hydrogens is 332 g/mol. The van der Waals surface area contributed by atoms with Gasteiger partial charge in [0.2, 0.25) is 0 Å². The van der Waals surface area contributed by atoms with E-state index in [2.05, 4.69) is 5.32 Å². The Balaban J connectivity index is 1.79. The molecule has 0 bridgehead atoms. The molecule has 0 saturated heterocycles. The molecule has 0 aliphatic carbocycles. The standard InChI is InChI=1S/C20H16N2O4/c23-18-13-14(19(24)21-15-7-3-1-4-8-15)11-12-17(18)20(25)22(26)16-9-5-2-6-10-16/h1-13,23,26H,(H,21,24). The molecular formula is C20H16N2O4. The Labute approximate surface area is 149 Å². The van der Waals surface area contributed by atoms with Crippen molar-refractivity contribution in [3.8, 4) is 5.75 Å². The van der Waals surface area contributed by atoms with Gasteiger partial charge in [0, 0.05) is 11.3 Å². The molecule has 2 amide bonds. The van der Waals surface area contributed by atoms with E-state index in [9.17, 15) is 19.9 Å². The highest BCUT2D eigenvalue weighted by atomic mass is 16.5. The summed E-state index contributed by atoms with van der Waals surface area (Å²) in [7, 11) is 0. The van der Waals surface area contributed by atoms with Gasteiger partial charge in [0.1, 0.15) is 5.75 Å². The van der Waals surface area contributed by atoms with Crippen LogP contribution in [0.25, 0.3) is 0 Å². The van der Waals surface area contributed by atoms with Gasteiger partial charge in [0.25, 0.3) is 11.8 Å². The fourth-order valence-corrected chi connectivity index (χ4v) is 2.38. The molecule has 0 spiro atoms. The molecule has 0 saturated carbocycles. The third-order valence-corrected chi connectivity index (χ3v) is 3.72. The number of hydrogen-bond donors (Lipinski definition) is 3. The topological polar surface area (TPSA) is 89.9 Å². The second-order valence-electron chi connectivity index (χ2n) is 5.50. The number of rotatable bonds is 4. The van der Waals surface area contributed by atoms with Gasteiger partial charge >= 0.3 is 0 Å². The number of para-hydroxylation sites is 2. The Morgan fingerprint density at radius 2 is 1.46 bits per heavy atom. The number of carbonyl (C=O) groups excluding carboxylic acids is 2. The quantitative estimate of drug-likeness (QED) is 0.495. The van der Waals surface area contributed by atoms with Crippen molar-refractivity contribution in [1.29, 1.82) is 0 Å². The molecule has 3 N–H and O–H groups in total. The van der Waals surface area contributed by atoms with Crippen molar-refractivity contribution in [1.82, 2.24) is 0 Å². The minimum absolute atomic E-state index is 0.118. The van der Waals surface area contributed by atoms with Gasteiger partial charge in [-0.3, -0.25) is 14.8 Å². The van der Waals surface area contributed by atoms with Gasteiger partial charge < -0.3 is 10.4 Å². The fourth-order valence-electron chi connectivity index (χ4n) is 2.38. The lowest BCUT2D eigenvalue weighted by atomic mass is 10.1. The molecule has 0 aliphatic rings. The van der Waals surface area contributed by atoms with Crippen LogP contribution in [0.5, 0.6) is 5.75 Å². The van der Waals surface area contributed by atoms with E-state index in [0.717, 1.165) is 0 Å². The summed E-state index contributed by atoms with van der Waals surface area (Å²) in [5.74, 6) is -1.62. The van der Waals surface area contributed by atoms with Gasteiger partial charge in [-0.25, -0.2) is 0 Å². The van der Waals surface area contributed by atoms with E-state index < -0.39 is 17.6 Å². The molecule has 26 heavy (non-hydrogen) atoms. The van der Waals surface area contributed by atoms with Crippen molar-refractivity contribution >= 4 is 23.2 Å². The maximum Gasteiger partial charge on any atom is 0.285 e. The highest BCUT2D eigenvalue weighted by molar-refractivity contribution is 6.08. The summed E-state index contributed by atoms with van der Waals surface area (Å²) in [6.07, 6.45) is 0. The van der Waals surface area contributed by atoms with Crippen LogP contribution in [0.15, 0.2) is 78.9 Å². The number of nitrogens with zero attached hydrogens (tertiary/aromatic N) is 1. The van der Waals surface area contributed by atoms with Crippen molar-refractivity contribution in [3.05, 3.63) is 90.0 Å². The third kappa shape index (κ3) is 3.71. The summed E-state index contributed by atoms with van der Waals surface area (Å²) in [6.45, 7) is 0. The normalized spacial score (nSPS) is 10.2. The van der Waals surface area contributed by atoms with Crippen LogP contribution in [0.1, 0.15) is 20.7 Å². The average molecular weight is 348 g/mol. The van der Waals surface area contributed by atoms with E-state index in [1.165, 1.54) is 18.2 Å². The Kier molecular flexibility index (Phi) is 4.96. The molecule has 0 aliphatic heterocycles. The number of aromatic hydroxyl groups is 1. The first-order valence-corrected chi connectivity index (χ1v) is 7.84. The summed E-state index contributed by atoms with van der Waals surface area (Å²) in [6, 6.07) is 21.0. The van der Waals surface area contributed by atoms with Crippen LogP contribution in [0, 0.1) is 0 Å². The number of hydrogen-bond acceptors (Lipinski definition) is 4. The highest BCUT2D eigenvalue weighted by Gasteiger charge is 2.20. The summed E-state index contributed by atoms with van der Waals surface area (Å²) in [5, 5.41) is 23.3. The first kappa shape index (κ1) is 17.2. The average Bonchev–Trinajstić information content (AvgIpc) is 2.68. The smallest absolute Gasteiger partial charge is 0.285 e. The first-order chi connectivity index (χ1) is 12.6. The van der Waals surface area contributed by atoms with Crippen LogP contribution >= 0.6 is 0 Å². The first-order valence-electron chi connectivity index (χ1n) is 7.84. The van der Waals surface area contributed by atoms with Gasteiger partial charge in [-0.1, -0.05) is 36.4 Å². The predicted octanol–water partition coefficient (Wildman–Crippen LogP) is 3.68. The lowest BCUT2D eigenvalue weighted by molar-refractivity contribution is 0.0851. The van der Waals surface area contributed by atoms with E-state index in [-0.39, 0.29) is 16.8 Å². The number of phenols is 1. The molecule has 3 aromatic rings. The zero-order valence-electron chi connectivity index (χ0n) is 13.7. The SMILES string of the molecule is O=C(Nc1ccccc1)c1ccc(C(=O)N(O)c2ccccc2)c(O)c1. The molecule has 0 radical (unpaired) electrons. The van der Waals surface area contributed by atoms with Gasteiger partial charge in [-0.05, 0) is 42.5 Å². The summed E-state index contributed by atoms with van der Waals surface area (Å²) < 4.78 is 0. The third-order valence-electron chi connectivity index (χ3n) is 3.72. The monoisotopic (exact) mass is 348 g/mol. The Morgan fingerprint density at radius 3 is 2.08 bits per heavy atom. The second kappa shape index (κ2) is 7.50. The number of nitrogens with one attached hydrogen (secondary N) is 1. The maximum atomic E-state index is 12.4. The van der Waals surface area contributed by atoms with Crippen molar-refractivity contribution in [3.63, 3.8) is 0 Å². The zero-order chi connectivity index (χ0) is 18.5. The molecule has 130 valence electrons. The number of phenolic OH excluding ortho intramolecular Hbond substituents is 1. The van der Waals surface area contributed by atoms with Gasteiger partial charge in [0.15, 0.2) is 0 Å². The predicted molar refractivity (Wildman–Crippen MR) is 97.5 cm³/mol. The van der Waals surface area contributed by atoms with Crippen molar-refractivity contribution < 1.29 is 19.9 Å². The molecule has 3 rings (SSSR count). The molecule has 0 aromatic heterocycles.